The molecule has 1 saturated heterocycles. The third-order valence-electron chi connectivity index (χ3n) is 6.96. The number of carbonyl (C=O) groups excluding carboxylic acids is 2. The molecule has 1 fully saturated rings. The van der Waals surface area contributed by atoms with Gasteiger partial charge >= 0.3 is 5.91 Å². The molecule has 1 aromatic heterocycles. The molecule has 3 aromatic carbocycles. The van der Waals surface area contributed by atoms with Crippen LogP contribution in [0.5, 0.6) is 17.2 Å². The van der Waals surface area contributed by atoms with Crippen LogP contribution in [0.4, 0.5) is 5.13 Å². The van der Waals surface area contributed by atoms with Gasteiger partial charge in [-0.25, -0.2) is 4.98 Å². The molecule has 0 radical (unpaired) electrons. The minimum absolute atomic E-state index is 0.000163. The van der Waals surface area contributed by atoms with E-state index in [1.54, 1.807) is 24.3 Å². The molecule has 2 atom stereocenters. The first-order chi connectivity index (χ1) is 19.4. The molecular formula is C31H28N2O6S. The molecule has 4 aromatic rings. The van der Waals surface area contributed by atoms with E-state index in [0.29, 0.717) is 52.9 Å². The number of aliphatic hydroxyl groups is 1. The lowest BCUT2D eigenvalue weighted by Gasteiger charge is -2.23. The molecule has 6 rings (SSSR count). The van der Waals surface area contributed by atoms with Gasteiger partial charge < -0.3 is 19.3 Å². The molecule has 8 nitrogen and oxygen atoms in total. The first-order valence-corrected chi connectivity index (χ1v) is 14.1. The minimum Gasteiger partial charge on any atom is -0.507 e. The number of aromatic nitrogens is 1. The Morgan fingerprint density at radius 3 is 2.60 bits per heavy atom. The number of carbonyl (C=O) groups is 2. The molecule has 0 spiro atoms. The first kappa shape index (κ1) is 25.9. The van der Waals surface area contributed by atoms with Crippen LogP contribution in [-0.4, -0.2) is 41.1 Å². The van der Waals surface area contributed by atoms with Gasteiger partial charge in [-0.3, -0.25) is 14.5 Å². The van der Waals surface area contributed by atoms with Crippen LogP contribution in [0, 0.1) is 0 Å². The van der Waals surface area contributed by atoms with Gasteiger partial charge in [0.05, 0.1) is 35.0 Å². The van der Waals surface area contributed by atoms with Crippen molar-refractivity contribution in [1.29, 1.82) is 0 Å². The second-order valence-corrected chi connectivity index (χ2v) is 10.7. The maximum absolute atomic E-state index is 13.6. The molecule has 0 unspecified atom stereocenters. The predicted octanol–water partition coefficient (Wildman–Crippen LogP) is 6.04. The quantitative estimate of drug-likeness (QED) is 0.168. The number of amides is 1. The Labute approximate surface area is 235 Å². The van der Waals surface area contributed by atoms with Crippen LogP contribution in [0.15, 0.2) is 66.2 Å². The van der Waals surface area contributed by atoms with Crippen LogP contribution in [0.25, 0.3) is 16.0 Å². The molecule has 1 N–H and O–H groups in total. The number of anilines is 1. The number of nitrogens with zero attached hydrogens (tertiary/aromatic N) is 2. The average Bonchev–Trinajstić information content (AvgIpc) is 3.61. The third kappa shape index (κ3) is 4.46. The van der Waals surface area contributed by atoms with Crippen molar-refractivity contribution >= 4 is 44.1 Å². The second-order valence-electron chi connectivity index (χ2n) is 9.69. The highest BCUT2D eigenvalue weighted by atomic mass is 32.1. The SMILES string of the molecule is CCOc1cccc([C@H]2C(=C(O)c3ccc4c(c3)C[C@@H](C)O4)C(=O)C(=O)N2c2nc3ccc(OCC)cc3s2)c1. The highest BCUT2D eigenvalue weighted by Gasteiger charge is 2.48. The number of aliphatic hydroxyl groups excluding tert-OH is 1. The normalized spacial score (nSPS) is 19.6. The molecule has 3 heterocycles. The number of Topliss-reactive ketones (excluding diaryl/α,β-unsaturated/α-hetero) is 1. The summed E-state index contributed by atoms with van der Waals surface area (Å²) >= 11 is 1.29. The average molecular weight is 557 g/mol. The van der Waals surface area contributed by atoms with Crippen molar-refractivity contribution in [2.75, 3.05) is 18.1 Å². The lowest BCUT2D eigenvalue weighted by molar-refractivity contribution is -0.132. The van der Waals surface area contributed by atoms with Crippen molar-refractivity contribution in [3.05, 3.63) is 82.9 Å². The molecule has 2 aliphatic rings. The minimum atomic E-state index is -0.907. The number of rotatable bonds is 7. The molecule has 1 amide bonds. The number of hydrogen-bond acceptors (Lipinski definition) is 8. The lowest BCUT2D eigenvalue weighted by atomic mass is 9.94. The van der Waals surface area contributed by atoms with E-state index in [0.717, 1.165) is 16.0 Å². The molecule has 2 aliphatic heterocycles. The van der Waals surface area contributed by atoms with Crippen molar-refractivity contribution < 1.29 is 28.9 Å². The van der Waals surface area contributed by atoms with Gasteiger partial charge in [0.15, 0.2) is 5.13 Å². The highest BCUT2D eigenvalue weighted by Crippen LogP contribution is 2.45. The Bertz CT molecular complexity index is 1680. The van der Waals surface area contributed by atoms with Gasteiger partial charge in [-0.2, -0.15) is 0 Å². The zero-order valence-corrected chi connectivity index (χ0v) is 23.2. The third-order valence-corrected chi connectivity index (χ3v) is 7.98. The largest absolute Gasteiger partial charge is 0.507 e. The first-order valence-electron chi connectivity index (χ1n) is 13.2. The number of ether oxygens (including phenoxy) is 3. The van der Waals surface area contributed by atoms with Gasteiger partial charge in [0.1, 0.15) is 29.1 Å². The molecule has 9 heteroatoms. The van der Waals surface area contributed by atoms with Crippen molar-refractivity contribution in [2.45, 2.75) is 39.3 Å². The fourth-order valence-corrected chi connectivity index (χ4v) is 6.28. The standard InChI is InChI=1S/C31H28N2O6S/c1-4-37-21-8-6-7-18(15-21)27-26(28(34)19-9-12-24-20(14-19)13-17(3)39-24)29(35)30(36)33(27)31-32-23-11-10-22(38-5-2)16-25(23)40-31/h6-12,14-17,27,34H,4-5,13H2,1-3H3/t17-,27+/m1/s1. The molecule has 40 heavy (non-hydrogen) atoms. The van der Waals surface area contributed by atoms with Gasteiger partial charge in [0.25, 0.3) is 5.78 Å². The lowest BCUT2D eigenvalue weighted by Crippen LogP contribution is -2.29. The van der Waals surface area contributed by atoms with Gasteiger partial charge in [-0.1, -0.05) is 23.5 Å². The van der Waals surface area contributed by atoms with E-state index >= 15 is 0 Å². The van der Waals surface area contributed by atoms with Crippen LogP contribution in [0.3, 0.4) is 0 Å². The second kappa shape index (κ2) is 10.3. The van der Waals surface area contributed by atoms with Crippen LogP contribution < -0.4 is 19.1 Å². The van der Waals surface area contributed by atoms with Crippen molar-refractivity contribution in [1.82, 2.24) is 4.98 Å². The maximum Gasteiger partial charge on any atom is 0.301 e. The van der Waals surface area contributed by atoms with Gasteiger partial charge in [-0.15, -0.1) is 0 Å². The fourth-order valence-electron chi connectivity index (χ4n) is 5.26. The van der Waals surface area contributed by atoms with Crippen molar-refractivity contribution in [3.8, 4) is 17.2 Å². The van der Waals surface area contributed by atoms with E-state index in [2.05, 4.69) is 0 Å². The number of ketones is 1. The summed E-state index contributed by atoms with van der Waals surface area (Å²) in [7, 11) is 0. The van der Waals surface area contributed by atoms with Gasteiger partial charge in [0, 0.05) is 12.0 Å². The summed E-state index contributed by atoms with van der Waals surface area (Å²) in [6.45, 7) is 6.75. The van der Waals surface area contributed by atoms with Gasteiger partial charge in [-0.05, 0) is 80.4 Å². The van der Waals surface area contributed by atoms with E-state index in [1.807, 2.05) is 57.2 Å². The number of thiazole rings is 1. The van der Waals surface area contributed by atoms with E-state index in [4.69, 9.17) is 19.2 Å². The number of fused-ring (bicyclic) bond motifs is 2. The maximum atomic E-state index is 13.6. The van der Waals surface area contributed by atoms with E-state index in [9.17, 15) is 14.7 Å². The van der Waals surface area contributed by atoms with Crippen LogP contribution in [0.1, 0.15) is 43.5 Å². The summed E-state index contributed by atoms with van der Waals surface area (Å²) in [5.74, 6) is 0.281. The Hall–Kier alpha value is -4.37. The summed E-state index contributed by atoms with van der Waals surface area (Å²) in [5.41, 5.74) is 2.70. The summed E-state index contributed by atoms with van der Waals surface area (Å²) < 4.78 is 18.0. The Morgan fingerprint density at radius 2 is 1.82 bits per heavy atom. The van der Waals surface area contributed by atoms with E-state index in [1.165, 1.54) is 16.2 Å². The van der Waals surface area contributed by atoms with Crippen LogP contribution in [-0.2, 0) is 16.0 Å². The molecule has 204 valence electrons. The van der Waals surface area contributed by atoms with Crippen molar-refractivity contribution in [3.63, 3.8) is 0 Å². The zero-order chi connectivity index (χ0) is 28.0. The summed E-state index contributed by atoms with van der Waals surface area (Å²) in [6.07, 6.45) is 0.724. The van der Waals surface area contributed by atoms with Crippen LogP contribution >= 0.6 is 11.3 Å². The summed E-state index contributed by atoms with van der Waals surface area (Å²) in [4.78, 5) is 33.4. The van der Waals surface area contributed by atoms with E-state index in [-0.39, 0.29) is 17.4 Å². The van der Waals surface area contributed by atoms with Gasteiger partial charge in [0.2, 0.25) is 0 Å². The summed E-state index contributed by atoms with van der Waals surface area (Å²) in [6, 6.07) is 17.2. The molecule has 0 aliphatic carbocycles. The van der Waals surface area contributed by atoms with E-state index < -0.39 is 17.7 Å². The summed E-state index contributed by atoms with van der Waals surface area (Å²) in [5, 5.41) is 11.9. The molecule has 0 saturated carbocycles. The van der Waals surface area contributed by atoms with Crippen molar-refractivity contribution in [2.24, 2.45) is 0 Å². The smallest absolute Gasteiger partial charge is 0.301 e. The molecule has 0 bridgehead atoms. The Morgan fingerprint density at radius 1 is 1.05 bits per heavy atom. The zero-order valence-electron chi connectivity index (χ0n) is 22.3. The Kier molecular flexibility index (Phi) is 6.67. The predicted molar refractivity (Wildman–Crippen MR) is 153 cm³/mol. The topological polar surface area (TPSA) is 98.2 Å². The Balaban J connectivity index is 1.51. The fraction of sp³-hybridized carbons (Fsp3) is 0.258. The molecular weight excluding hydrogens is 528 g/mol. The monoisotopic (exact) mass is 556 g/mol. The number of hydrogen-bond donors (Lipinski definition) is 1. The van der Waals surface area contributed by atoms with Crippen LogP contribution in [0.2, 0.25) is 0 Å². The number of benzene rings is 3. The highest BCUT2D eigenvalue weighted by molar-refractivity contribution is 7.22.